The smallest absolute Gasteiger partial charge is 0.235 e. The fourth-order valence-electron chi connectivity index (χ4n) is 13.8. The molecular formula is C87H60N8. The predicted molar refractivity (Wildman–Crippen MR) is 392 cm³/mol. The van der Waals surface area contributed by atoms with E-state index in [-0.39, 0.29) is 0 Å². The summed E-state index contributed by atoms with van der Waals surface area (Å²) in [4.78, 5) is 24.5. The first kappa shape index (κ1) is 56.3. The van der Waals surface area contributed by atoms with Crippen LogP contribution in [-0.4, -0.2) is 38.6 Å². The van der Waals surface area contributed by atoms with E-state index in [1.807, 2.05) is 79.0 Å². The standard InChI is InChI=1S/C53H37N5.C34H23N3/c1-34-30-35(2)50-46(31-34)45-33-40(39-24-28-48-44(32-39)43-20-12-13-21-47(43)57(48)41-18-10-5-11-19-41)25-29-49(45)58(50)42-26-22-38(23-27-42)53-55-51(36-14-6-3-7-15-36)54-52(56-53)37-16-8-4-9-17-37;1-2-9-24(10-3-1)25-17-19-26(20-18-25)27-11-8-12-28(23-27)31-21-22-35-34(36-31)37-32-15-6-4-13-29(32)30-14-5-7-16-33(30)37/h3-33H,1-2H3;1-23H. The molecule has 8 nitrogen and oxygen atoms in total. The Morgan fingerprint density at radius 3 is 1.21 bits per heavy atom. The van der Waals surface area contributed by atoms with Crippen LogP contribution in [0.3, 0.4) is 0 Å². The lowest BCUT2D eigenvalue weighted by Gasteiger charge is -2.12. The van der Waals surface area contributed by atoms with Gasteiger partial charge in [-0.2, -0.15) is 0 Å². The SMILES string of the molecule is Cc1cc(C)c2c(c1)c1cc(-c3ccc4c(c3)c3ccccc3n4-c3ccccc3)ccc1n2-c1ccc(-c2nc(-c3ccccc3)nc(-c3ccccc3)n2)cc1.c1ccc(-c2ccc(-c3cccc(-c4ccnc(-n5c6ccccc6c6ccccc65)n4)c3)cc2)cc1. The number of fused-ring (bicyclic) bond motifs is 9. The van der Waals surface area contributed by atoms with Crippen LogP contribution in [0, 0.1) is 13.8 Å². The summed E-state index contributed by atoms with van der Waals surface area (Å²) in [6, 6.07) is 113. The van der Waals surface area contributed by atoms with Crippen molar-refractivity contribution in [2.24, 2.45) is 0 Å². The predicted octanol–water partition coefficient (Wildman–Crippen LogP) is 21.9. The zero-order chi connectivity index (χ0) is 63.3. The third-order valence-electron chi connectivity index (χ3n) is 18.2. The molecule has 18 aromatic rings. The first-order valence-corrected chi connectivity index (χ1v) is 32.1. The van der Waals surface area contributed by atoms with Crippen LogP contribution >= 0.6 is 0 Å². The van der Waals surface area contributed by atoms with E-state index in [1.54, 1.807) is 0 Å². The van der Waals surface area contributed by atoms with Crippen LogP contribution < -0.4 is 0 Å². The van der Waals surface area contributed by atoms with Crippen molar-refractivity contribution in [1.82, 2.24) is 38.6 Å². The van der Waals surface area contributed by atoms with E-state index < -0.39 is 0 Å². The molecular weight excluding hydrogens is 1160 g/mol. The molecule has 0 bridgehead atoms. The van der Waals surface area contributed by atoms with E-state index in [0.29, 0.717) is 23.4 Å². The highest BCUT2D eigenvalue weighted by atomic mass is 15.2. The third kappa shape index (κ3) is 10.4. The fourth-order valence-corrected chi connectivity index (χ4v) is 13.8. The maximum absolute atomic E-state index is 5.03. The van der Waals surface area contributed by atoms with Gasteiger partial charge in [0.25, 0.3) is 0 Å². The Bertz CT molecular complexity index is 5780. The highest BCUT2D eigenvalue weighted by Crippen LogP contribution is 2.41. The molecule has 0 unspecified atom stereocenters. The van der Waals surface area contributed by atoms with E-state index in [0.717, 1.165) is 55.9 Å². The molecule has 0 N–H and O–H groups in total. The Kier molecular flexibility index (Phi) is 14.2. The minimum absolute atomic E-state index is 0.641. The van der Waals surface area contributed by atoms with Crippen molar-refractivity contribution in [3.05, 3.63) is 339 Å². The molecule has 0 fully saturated rings. The highest BCUT2D eigenvalue weighted by Gasteiger charge is 2.20. The lowest BCUT2D eigenvalue weighted by molar-refractivity contribution is 0.992. The van der Waals surface area contributed by atoms with Crippen LogP contribution in [0.5, 0.6) is 0 Å². The Balaban J connectivity index is 0.000000159. The Morgan fingerprint density at radius 1 is 0.242 bits per heavy atom. The third-order valence-corrected chi connectivity index (χ3v) is 18.2. The van der Waals surface area contributed by atoms with Gasteiger partial charge in [0.2, 0.25) is 5.95 Å². The molecule has 0 aliphatic heterocycles. The van der Waals surface area contributed by atoms with Gasteiger partial charge in [0, 0.05) is 72.1 Å². The average Bonchev–Trinajstić information content (AvgIpc) is 1.60. The maximum atomic E-state index is 5.03. The highest BCUT2D eigenvalue weighted by molar-refractivity contribution is 6.14. The van der Waals surface area contributed by atoms with Crippen LogP contribution in [0.2, 0.25) is 0 Å². The van der Waals surface area contributed by atoms with E-state index in [2.05, 4.69) is 281 Å². The van der Waals surface area contributed by atoms with Gasteiger partial charge < -0.3 is 9.13 Å². The molecule has 0 saturated carbocycles. The van der Waals surface area contributed by atoms with Crippen molar-refractivity contribution in [1.29, 1.82) is 0 Å². The van der Waals surface area contributed by atoms with Gasteiger partial charge in [0.1, 0.15) is 0 Å². The Hall–Kier alpha value is -12.7. The van der Waals surface area contributed by atoms with Crippen molar-refractivity contribution in [2.45, 2.75) is 13.8 Å². The lowest BCUT2D eigenvalue weighted by atomic mass is 9.98. The average molecular weight is 1220 g/mol. The molecule has 0 amide bonds. The van der Waals surface area contributed by atoms with E-state index in [4.69, 9.17) is 19.9 Å². The minimum atomic E-state index is 0.641. The van der Waals surface area contributed by atoms with Crippen molar-refractivity contribution in [3.63, 3.8) is 0 Å². The number of rotatable bonds is 10. The Morgan fingerprint density at radius 2 is 0.632 bits per heavy atom. The molecule has 5 heterocycles. The van der Waals surface area contributed by atoms with Gasteiger partial charge in [-0.25, -0.2) is 24.9 Å². The second-order valence-electron chi connectivity index (χ2n) is 24.2. The molecule has 448 valence electrons. The van der Waals surface area contributed by atoms with Crippen molar-refractivity contribution in [2.75, 3.05) is 0 Å². The first-order chi connectivity index (χ1) is 46.9. The normalized spacial score (nSPS) is 11.5. The maximum Gasteiger partial charge on any atom is 0.235 e. The molecule has 0 aliphatic rings. The van der Waals surface area contributed by atoms with Crippen molar-refractivity contribution in [3.8, 4) is 96.1 Å². The summed E-state index contributed by atoms with van der Waals surface area (Å²) in [7, 11) is 0. The molecule has 0 radical (unpaired) electrons. The van der Waals surface area contributed by atoms with Gasteiger partial charge >= 0.3 is 0 Å². The molecule has 8 heteroatoms. The van der Waals surface area contributed by atoms with Gasteiger partial charge in [0.05, 0.1) is 38.8 Å². The first-order valence-electron chi connectivity index (χ1n) is 32.1. The van der Waals surface area contributed by atoms with E-state index >= 15 is 0 Å². The molecule has 0 atom stereocenters. The summed E-state index contributed by atoms with van der Waals surface area (Å²) < 4.78 is 6.93. The summed E-state index contributed by atoms with van der Waals surface area (Å²) >= 11 is 0. The van der Waals surface area contributed by atoms with Crippen LogP contribution in [0.1, 0.15) is 11.1 Å². The largest absolute Gasteiger partial charge is 0.309 e. The number of aryl methyl sites for hydroxylation is 2. The van der Waals surface area contributed by atoms with Crippen molar-refractivity contribution >= 4 is 65.4 Å². The summed E-state index contributed by atoms with van der Waals surface area (Å²) in [6.45, 7) is 4.41. The molecule has 0 spiro atoms. The van der Waals surface area contributed by atoms with Crippen LogP contribution in [0.25, 0.3) is 162 Å². The molecule has 95 heavy (non-hydrogen) atoms. The van der Waals surface area contributed by atoms with Gasteiger partial charge in [-0.1, -0.05) is 230 Å². The lowest BCUT2D eigenvalue weighted by Crippen LogP contribution is -2.01. The van der Waals surface area contributed by atoms with Gasteiger partial charge in [0.15, 0.2) is 17.5 Å². The molecule has 5 aromatic heterocycles. The monoisotopic (exact) mass is 1220 g/mol. The zero-order valence-electron chi connectivity index (χ0n) is 52.3. The number of hydrogen-bond acceptors (Lipinski definition) is 5. The quantitative estimate of drug-likeness (QED) is 0.136. The number of nitrogens with zero attached hydrogens (tertiary/aromatic N) is 8. The van der Waals surface area contributed by atoms with Crippen LogP contribution in [0.15, 0.2) is 328 Å². The fraction of sp³-hybridized carbons (Fsp3) is 0.0230. The summed E-state index contributed by atoms with van der Waals surface area (Å²) in [5.41, 5.74) is 23.7. The van der Waals surface area contributed by atoms with Crippen LogP contribution in [0.4, 0.5) is 0 Å². The number of para-hydroxylation sites is 4. The molecule has 18 rings (SSSR count). The second-order valence-corrected chi connectivity index (χ2v) is 24.2. The topological polar surface area (TPSA) is 79.2 Å². The summed E-state index contributed by atoms with van der Waals surface area (Å²) in [6.07, 6.45) is 1.85. The van der Waals surface area contributed by atoms with Gasteiger partial charge in [-0.05, 0) is 150 Å². The second kappa shape index (κ2) is 23.9. The molecule has 0 aliphatic carbocycles. The van der Waals surface area contributed by atoms with Gasteiger partial charge in [-0.15, -0.1) is 0 Å². The van der Waals surface area contributed by atoms with Crippen LogP contribution in [-0.2, 0) is 0 Å². The molecule has 13 aromatic carbocycles. The van der Waals surface area contributed by atoms with E-state index in [9.17, 15) is 0 Å². The van der Waals surface area contributed by atoms with E-state index in [1.165, 1.54) is 93.3 Å². The van der Waals surface area contributed by atoms with Crippen molar-refractivity contribution < 1.29 is 0 Å². The number of benzene rings is 13. The summed E-state index contributed by atoms with van der Waals surface area (Å²) in [5, 5.41) is 7.38. The number of hydrogen-bond donors (Lipinski definition) is 0. The zero-order valence-corrected chi connectivity index (χ0v) is 52.3. The molecule has 0 saturated heterocycles. The summed E-state index contributed by atoms with van der Waals surface area (Å²) in [5.74, 6) is 2.62. The Labute approximate surface area is 549 Å². The minimum Gasteiger partial charge on any atom is -0.309 e. The number of aromatic nitrogens is 8. The van der Waals surface area contributed by atoms with Gasteiger partial charge in [-0.3, -0.25) is 4.57 Å².